The van der Waals surface area contributed by atoms with Gasteiger partial charge in [0.25, 0.3) is 5.79 Å². The summed E-state index contributed by atoms with van der Waals surface area (Å²) in [4.78, 5) is 13.2. The van der Waals surface area contributed by atoms with E-state index >= 15 is 0 Å². The number of hydrogen-bond donors (Lipinski definition) is 0. The van der Waals surface area contributed by atoms with E-state index in [1.807, 2.05) is 6.92 Å². The molecule has 6 nitrogen and oxygen atoms in total. The van der Waals surface area contributed by atoms with Crippen molar-refractivity contribution in [1.82, 2.24) is 0 Å². The summed E-state index contributed by atoms with van der Waals surface area (Å²) in [7, 11) is 1.70. The third-order valence-corrected chi connectivity index (χ3v) is 6.67. The van der Waals surface area contributed by atoms with E-state index in [0.29, 0.717) is 6.61 Å². The normalized spacial score (nSPS) is 39.5. The summed E-state index contributed by atoms with van der Waals surface area (Å²) in [6, 6.07) is 0. The van der Waals surface area contributed by atoms with Crippen molar-refractivity contribution in [3.63, 3.8) is 0 Å². The van der Waals surface area contributed by atoms with Crippen LogP contribution in [-0.2, 0) is 28.5 Å². The van der Waals surface area contributed by atoms with Crippen LogP contribution in [0.4, 0.5) is 0 Å². The van der Waals surface area contributed by atoms with Gasteiger partial charge >= 0.3 is 0 Å². The molecule has 0 unspecified atom stereocenters. The Morgan fingerprint density at radius 1 is 0.962 bits per heavy atom. The minimum atomic E-state index is -1.25. The van der Waals surface area contributed by atoms with Crippen molar-refractivity contribution < 1.29 is 28.5 Å². The van der Waals surface area contributed by atoms with Gasteiger partial charge < -0.3 is 23.7 Å². The Morgan fingerprint density at radius 2 is 1.62 bits per heavy atom. The summed E-state index contributed by atoms with van der Waals surface area (Å²) in [6.45, 7) is 2.44. The molecule has 4 rings (SSSR count). The van der Waals surface area contributed by atoms with Gasteiger partial charge in [-0.15, -0.1) is 0 Å². The molecule has 0 N–H and O–H groups in total. The first-order valence-corrected chi connectivity index (χ1v) is 10.3. The van der Waals surface area contributed by atoms with E-state index < -0.39 is 17.4 Å². The lowest BCUT2D eigenvalue weighted by molar-refractivity contribution is -0.314. The number of rotatable bonds is 3. The molecule has 2 aliphatic carbocycles. The maximum Gasteiger partial charge on any atom is 0.256 e. The molecule has 2 heterocycles. The molecule has 4 fully saturated rings. The van der Waals surface area contributed by atoms with Gasteiger partial charge in [0.2, 0.25) is 0 Å². The standard InChI is InChI=1S/C20H32O6/c1-15-16(25-18(22-2)9-5-3-6-10-18)13-23-20(17(15)21)14-24-19(26-20)11-7-4-8-12-19/h15-16H,3-14H2,1-2H3/t15-,16-,20+/m1/s1. The van der Waals surface area contributed by atoms with E-state index in [1.54, 1.807) is 7.11 Å². The molecule has 3 atom stereocenters. The summed E-state index contributed by atoms with van der Waals surface area (Å²) >= 11 is 0. The van der Waals surface area contributed by atoms with Crippen LogP contribution in [-0.4, -0.2) is 49.6 Å². The molecule has 0 aromatic heterocycles. The average molecular weight is 368 g/mol. The quantitative estimate of drug-likeness (QED) is 0.712. The number of methoxy groups -OCH3 is 1. The molecule has 26 heavy (non-hydrogen) atoms. The molecule has 2 saturated carbocycles. The van der Waals surface area contributed by atoms with Crippen molar-refractivity contribution in [2.24, 2.45) is 5.92 Å². The van der Waals surface area contributed by atoms with E-state index in [4.69, 9.17) is 23.7 Å². The Balaban J connectivity index is 1.44. The van der Waals surface area contributed by atoms with Crippen molar-refractivity contribution in [3.05, 3.63) is 0 Å². The molecule has 4 aliphatic rings. The Kier molecular flexibility index (Phi) is 5.16. The van der Waals surface area contributed by atoms with Crippen LogP contribution in [0.15, 0.2) is 0 Å². The van der Waals surface area contributed by atoms with Crippen LogP contribution < -0.4 is 0 Å². The van der Waals surface area contributed by atoms with Gasteiger partial charge in [-0.05, 0) is 25.7 Å². The molecule has 0 bridgehead atoms. The van der Waals surface area contributed by atoms with Gasteiger partial charge in [-0.1, -0.05) is 19.8 Å². The van der Waals surface area contributed by atoms with E-state index in [1.165, 1.54) is 12.8 Å². The highest BCUT2D eigenvalue weighted by atomic mass is 16.8. The maximum absolute atomic E-state index is 13.2. The second kappa shape index (κ2) is 7.13. The smallest absolute Gasteiger partial charge is 0.256 e. The Labute approximate surface area is 155 Å². The summed E-state index contributed by atoms with van der Waals surface area (Å²) in [6.07, 6.45) is 9.84. The third kappa shape index (κ3) is 3.24. The van der Waals surface area contributed by atoms with Crippen LogP contribution in [0, 0.1) is 5.92 Å². The lowest BCUT2D eigenvalue weighted by Crippen LogP contribution is -2.59. The molecular weight excluding hydrogens is 336 g/mol. The highest BCUT2D eigenvalue weighted by molar-refractivity contribution is 5.89. The highest BCUT2D eigenvalue weighted by Gasteiger charge is 2.60. The van der Waals surface area contributed by atoms with Crippen LogP contribution in [0.5, 0.6) is 0 Å². The van der Waals surface area contributed by atoms with Crippen LogP contribution in [0.25, 0.3) is 0 Å². The Morgan fingerprint density at radius 3 is 2.27 bits per heavy atom. The van der Waals surface area contributed by atoms with Gasteiger partial charge in [-0.25, -0.2) is 0 Å². The number of carbonyl (C=O) groups is 1. The molecule has 0 amide bonds. The van der Waals surface area contributed by atoms with Crippen molar-refractivity contribution >= 4 is 5.78 Å². The molecule has 2 aliphatic heterocycles. The fourth-order valence-electron chi connectivity index (χ4n) is 4.94. The van der Waals surface area contributed by atoms with Crippen LogP contribution in [0.2, 0.25) is 0 Å². The summed E-state index contributed by atoms with van der Waals surface area (Å²) in [5.41, 5.74) is 0. The van der Waals surface area contributed by atoms with Crippen LogP contribution >= 0.6 is 0 Å². The second-order valence-electron chi connectivity index (χ2n) is 8.41. The van der Waals surface area contributed by atoms with Crippen LogP contribution in [0.3, 0.4) is 0 Å². The largest absolute Gasteiger partial charge is 0.353 e. The fourth-order valence-corrected chi connectivity index (χ4v) is 4.94. The van der Waals surface area contributed by atoms with Gasteiger partial charge in [0.1, 0.15) is 6.61 Å². The number of ether oxygens (including phenoxy) is 5. The van der Waals surface area contributed by atoms with Gasteiger partial charge in [0.15, 0.2) is 17.4 Å². The zero-order valence-corrected chi connectivity index (χ0v) is 16.1. The van der Waals surface area contributed by atoms with Crippen molar-refractivity contribution in [2.75, 3.05) is 20.3 Å². The Bertz CT molecular complexity index is 522. The molecule has 6 heteroatoms. The molecule has 2 saturated heterocycles. The van der Waals surface area contributed by atoms with Gasteiger partial charge in [-0.3, -0.25) is 4.79 Å². The fraction of sp³-hybridized carbons (Fsp3) is 0.950. The number of ketones is 1. The van der Waals surface area contributed by atoms with Crippen molar-refractivity contribution in [2.45, 2.75) is 94.6 Å². The van der Waals surface area contributed by atoms with E-state index in [-0.39, 0.29) is 24.4 Å². The zero-order chi connectivity index (χ0) is 18.3. The van der Waals surface area contributed by atoms with Gasteiger partial charge in [0, 0.05) is 38.7 Å². The number of Topliss-reactive ketones (excluding diaryl/α,β-unsaturated/α-hetero) is 1. The lowest BCUT2D eigenvalue weighted by Gasteiger charge is -2.44. The van der Waals surface area contributed by atoms with Crippen LogP contribution in [0.1, 0.15) is 71.1 Å². The zero-order valence-electron chi connectivity index (χ0n) is 16.1. The summed E-state index contributed by atoms with van der Waals surface area (Å²) in [5.74, 6) is -2.82. The molecule has 0 radical (unpaired) electrons. The SMILES string of the molecule is COC1(O[C@@H]2CO[C@]3(COC4(CCCCC4)O3)C(=O)[C@@H]2C)CCCCC1. The van der Waals surface area contributed by atoms with E-state index in [0.717, 1.165) is 51.4 Å². The first-order valence-electron chi connectivity index (χ1n) is 10.3. The topological polar surface area (TPSA) is 63.2 Å². The minimum absolute atomic E-state index is 0.0572. The monoisotopic (exact) mass is 368 g/mol. The number of carbonyl (C=O) groups excluding carboxylic acids is 1. The predicted molar refractivity (Wildman–Crippen MR) is 93.4 cm³/mol. The third-order valence-electron chi connectivity index (χ3n) is 6.67. The molecule has 148 valence electrons. The average Bonchev–Trinajstić information content (AvgIpc) is 3.03. The Hall–Kier alpha value is -0.530. The summed E-state index contributed by atoms with van der Waals surface area (Å²) in [5, 5.41) is 0. The van der Waals surface area contributed by atoms with Gasteiger partial charge in [-0.2, -0.15) is 0 Å². The summed E-state index contributed by atoms with van der Waals surface area (Å²) < 4.78 is 30.3. The van der Waals surface area contributed by atoms with E-state index in [2.05, 4.69) is 0 Å². The lowest BCUT2D eigenvalue weighted by atomic mass is 9.89. The second-order valence-corrected chi connectivity index (χ2v) is 8.41. The highest BCUT2D eigenvalue weighted by Crippen LogP contribution is 2.46. The minimum Gasteiger partial charge on any atom is -0.353 e. The van der Waals surface area contributed by atoms with E-state index in [9.17, 15) is 4.79 Å². The first kappa shape index (κ1) is 18.8. The molecule has 0 aromatic carbocycles. The molecule has 0 aromatic rings. The number of hydrogen-bond acceptors (Lipinski definition) is 6. The maximum atomic E-state index is 13.2. The van der Waals surface area contributed by atoms with Crippen molar-refractivity contribution in [3.8, 4) is 0 Å². The first-order chi connectivity index (χ1) is 12.5. The van der Waals surface area contributed by atoms with Crippen molar-refractivity contribution in [1.29, 1.82) is 0 Å². The predicted octanol–water partition coefficient (Wildman–Crippen LogP) is 3.32. The van der Waals surface area contributed by atoms with Gasteiger partial charge in [0.05, 0.1) is 12.7 Å². The molecular formula is C20H32O6. The molecule has 2 spiro atoms.